The molecule has 0 aromatic heterocycles. The van der Waals surface area contributed by atoms with Crippen molar-refractivity contribution in [1.82, 2.24) is 0 Å². The lowest BCUT2D eigenvalue weighted by molar-refractivity contribution is -0.657. The maximum absolute atomic E-state index is 11.9. The number of Topliss-reactive ketones (excluding diaryl/α,β-unsaturated/α-hetero) is 1. The summed E-state index contributed by atoms with van der Waals surface area (Å²) in [7, 11) is 0. The number of nitrogens with zero attached hydrogens (tertiary/aromatic N) is 1. The van der Waals surface area contributed by atoms with Crippen LogP contribution < -0.4 is 5.90 Å². The number of rotatable bonds is 3. The van der Waals surface area contributed by atoms with Gasteiger partial charge in [-0.1, -0.05) is 29.4 Å². The number of quaternary nitrogens is 1. The van der Waals surface area contributed by atoms with Crippen LogP contribution in [-0.4, -0.2) is 24.1 Å². The van der Waals surface area contributed by atoms with Gasteiger partial charge in [-0.25, -0.2) is 4.79 Å². The normalized spacial score (nSPS) is 15.8. The van der Waals surface area contributed by atoms with E-state index in [4.69, 9.17) is 4.84 Å². The smallest absolute Gasteiger partial charge is 0.383 e. The summed E-state index contributed by atoms with van der Waals surface area (Å²) in [4.78, 5) is 31.9. The molecule has 98 valence electrons. The average molecular weight is 261 g/mol. The molecule has 0 amide bonds. The Morgan fingerprint density at radius 3 is 2.68 bits per heavy atom. The molecule has 0 heterocycles. The Hall–Kier alpha value is -2.47. The standard InChI is InChI=1S/C13H13N2O4/c1-8-6-11(15-18-7-12(16)19-14)9-4-2-3-5-10(9)13(8)17/h2-6H,7H2,1,14H3/q+1/b15-11+. The summed E-state index contributed by atoms with van der Waals surface area (Å²) < 4.78 is 0. The summed E-state index contributed by atoms with van der Waals surface area (Å²) in [6.45, 7) is 1.38. The van der Waals surface area contributed by atoms with Crippen molar-refractivity contribution in [3.63, 3.8) is 0 Å². The van der Waals surface area contributed by atoms with E-state index in [1.54, 1.807) is 37.3 Å². The van der Waals surface area contributed by atoms with Crippen molar-refractivity contribution in [2.75, 3.05) is 6.61 Å². The predicted octanol–water partition coefficient (Wildman–Crippen LogP) is 0.250. The summed E-state index contributed by atoms with van der Waals surface area (Å²) >= 11 is 0. The summed E-state index contributed by atoms with van der Waals surface area (Å²) in [6.07, 6.45) is 1.63. The topological polar surface area (TPSA) is 92.6 Å². The second-order valence-electron chi connectivity index (χ2n) is 3.97. The Balaban J connectivity index is 2.28. The number of oxime groups is 1. The van der Waals surface area contributed by atoms with E-state index >= 15 is 0 Å². The highest BCUT2D eigenvalue weighted by Crippen LogP contribution is 2.21. The monoisotopic (exact) mass is 261 g/mol. The molecular formula is C13H13N2O4+. The van der Waals surface area contributed by atoms with Crippen molar-refractivity contribution in [3.05, 3.63) is 47.0 Å². The minimum absolute atomic E-state index is 0.0354. The number of allylic oxidation sites excluding steroid dienone is 2. The van der Waals surface area contributed by atoms with E-state index in [1.807, 2.05) is 0 Å². The number of ketones is 1. The van der Waals surface area contributed by atoms with Gasteiger partial charge in [-0.05, 0) is 18.6 Å². The van der Waals surface area contributed by atoms with Crippen LogP contribution in [0.15, 0.2) is 41.1 Å². The van der Waals surface area contributed by atoms with E-state index in [1.165, 1.54) is 0 Å². The number of carbonyl (C=O) groups is 2. The lowest BCUT2D eigenvalue weighted by atomic mass is 9.90. The fourth-order valence-electron chi connectivity index (χ4n) is 1.74. The van der Waals surface area contributed by atoms with Gasteiger partial charge in [0.2, 0.25) is 6.61 Å². The van der Waals surface area contributed by atoms with Gasteiger partial charge < -0.3 is 4.84 Å². The first-order valence-corrected chi connectivity index (χ1v) is 5.60. The number of benzene rings is 1. The van der Waals surface area contributed by atoms with Gasteiger partial charge in [-0.3, -0.25) is 9.63 Å². The van der Waals surface area contributed by atoms with Crippen molar-refractivity contribution in [3.8, 4) is 0 Å². The molecule has 0 spiro atoms. The zero-order valence-electron chi connectivity index (χ0n) is 10.4. The predicted molar refractivity (Wildman–Crippen MR) is 66.0 cm³/mol. The molecule has 0 unspecified atom stereocenters. The number of carbonyl (C=O) groups excluding carboxylic acids is 2. The number of hydrogen-bond donors (Lipinski definition) is 1. The highest BCUT2D eigenvalue weighted by atomic mass is 16.7. The molecule has 0 saturated carbocycles. The van der Waals surface area contributed by atoms with Crippen molar-refractivity contribution in [1.29, 1.82) is 0 Å². The van der Waals surface area contributed by atoms with Crippen LogP contribution in [-0.2, 0) is 14.5 Å². The van der Waals surface area contributed by atoms with E-state index in [9.17, 15) is 9.59 Å². The Morgan fingerprint density at radius 2 is 2.00 bits per heavy atom. The number of hydrogen-bond acceptors (Lipinski definition) is 5. The lowest BCUT2D eigenvalue weighted by Crippen LogP contribution is -2.51. The maximum atomic E-state index is 11.9. The Bertz CT molecular complexity index is 590. The zero-order valence-corrected chi connectivity index (χ0v) is 10.4. The SMILES string of the molecule is CC1=C/C(=N\OCC(=O)O[NH3+])c2ccccc2C1=O. The average Bonchev–Trinajstić information content (AvgIpc) is 2.44. The molecule has 0 atom stereocenters. The molecule has 2 rings (SSSR count). The first kappa shape index (κ1) is 13.0. The third-order valence-corrected chi connectivity index (χ3v) is 2.67. The Morgan fingerprint density at radius 1 is 1.32 bits per heavy atom. The van der Waals surface area contributed by atoms with E-state index in [2.05, 4.69) is 15.9 Å². The Labute approximate surface area is 109 Å². The van der Waals surface area contributed by atoms with Crippen LogP contribution in [0.4, 0.5) is 0 Å². The van der Waals surface area contributed by atoms with Crippen LogP contribution in [0, 0.1) is 0 Å². The molecule has 0 bridgehead atoms. The highest BCUT2D eigenvalue weighted by molar-refractivity contribution is 6.25. The van der Waals surface area contributed by atoms with Gasteiger partial charge in [0, 0.05) is 11.1 Å². The van der Waals surface area contributed by atoms with Gasteiger partial charge in [0.25, 0.3) is 0 Å². The minimum atomic E-state index is -0.620. The summed E-state index contributed by atoms with van der Waals surface area (Å²) in [5.41, 5.74) is 2.33. The quantitative estimate of drug-likeness (QED) is 0.789. The zero-order chi connectivity index (χ0) is 13.8. The molecule has 6 heteroatoms. The van der Waals surface area contributed by atoms with Crippen molar-refractivity contribution < 1.29 is 25.2 Å². The molecule has 0 radical (unpaired) electrons. The molecule has 3 N–H and O–H groups in total. The van der Waals surface area contributed by atoms with E-state index in [0.717, 1.165) is 0 Å². The highest BCUT2D eigenvalue weighted by Gasteiger charge is 2.21. The van der Waals surface area contributed by atoms with Crippen LogP contribution >= 0.6 is 0 Å². The molecule has 0 aliphatic heterocycles. The molecule has 0 saturated heterocycles. The molecule has 1 aromatic rings. The molecule has 19 heavy (non-hydrogen) atoms. The van der Waals surface area contributed by atoms with Crippen LogP contribution in [0.25, 0.3) is 0 Å². The maximum Gasteiger partial charge on any atom is 0.406 e. The molecule has 6 nitrogen and oxygen atoms in total. The first-order valence-electron chi connectivity index (χ1n) is 5.60. The molecular weight excluding hydrogens is 248 g/mol. The third-order valence-electron chi connectivity index (χ3n) is 2.67. The lowest BCUT2D eigenvalue weighted by Gasteiger charge is -2.14. The minimum Gasteiger partial charge on any atom is -0.383 e. The van der Waals surface area contributed by atoms with Crippen LogP contribution in [0.2, 0.25) is 0 Å². The van der Waals surface area contributed by atoms with Crippen molar-refractivity contribution in [2.45, 2.75) is 6.92 Å². The van der Waals surface area contributed by atoms with Crippen molar-refractivity contribution >= 4 is 17.5 Å². The van der Waals surface area contributed by atoms with Gasteiger partial charge >= 0.3 is 5.97 Å². The van der Waals surface area contributed by atoms with Gasteiger partial charge in [0.1, 0.15) is 5.71 Å². The van der Waals surface area contributed by atoms with Gasteiger partial charge in [0.05, 0.1) is 0 Å². The van der Waals surface area contributed by atoms with Crippen LogP contribution in [0.3, 0.4) is 0 Å². The summed E-state index contributed by atoms with van der Waals surface area (Å²) in [6, 6.07) is 7.10. The van der Waals surface area contributed by atoms with Gasteiger partial charge in [-0.2, -0.15) is 5.90 Å². The largest absolute Gasteiger partial charge is 0.406 e. The van der Waals surface area contributed by atoms with Crippen LogP contribution in [0.1, 0.15) is 22.8 Å². The first-order chi connectivity index (χ1) is 9.13. The van der Waals surface area contributed by atoms with Gasteiger partial charge in [-0.15, -0.1) is 0 Å². The van der Waals surface area contributed by atoms with Crippen molar-refractivity contribution in [2.24, 2.45) is 5.16 Å². The van der Waals surface area contributed by atoms with Gasteiger partial charge in [0.15, 0.2) is 5.78 Å². The third kappa shape index (κ3) is 2.69. The fraction of sp³-hybridized carbons (Fsp3) is 0.154. The number of fused-ring (bicyclic) bond motifs is 1. The molecule has 1 aromatic carbocycles. The molecule has 1 aliphatic carbocycles. The molecule has 0 fully saturated rings. The fourth-order valence-corrected chi connectivity index (χ4v) is 1.74. The van der Waals surface area contributed by atoms with E-state index in [-0.39, 0.29) is 12.4 Å². The summed E-state index contributed by atoms with van der Waals surface area (Å²) in [5.74, 6) is 2.32. The second kappa shape index (κ2) is 5.45. The summed E-state index contributed by atoms with van der Waals surface area (Å²) in [5, 5.41) is 3.86. The van der Waals surface area contributed by atoms with E-state index in [0.29, 0.717) is 22.4 Å². The van der Waals surface area contributed by atoms with Crippen LogP contribution in [0.5, 0.6) is 0 Å². The second-order valence-corrected chi connectivity index (χ2v) is 3.97. The van der Waals surface area contributed by atoms with E-state index < -0.39 is 5.97 Å². The molecule has 1 aliphatic rings. The Kier molecular flexibility index (Phi) is 3.72.